The molecular formula is C14H17N3S. The highest BCUT2D eigenvalue weighted by Crippen LogP contribution is 2.31. The van der Waals surface area contributed by atoms with Gasteiger partial charge < -0.3 is 10.6 Å². The van der Waals surface area contributed by atoms with E-state index in [1.807, 2.05) is 0 Å². The number of nitrogen functional groups attached to an aromatic ring is 1. The maximum atomic E-state index is 5.70. The number of thiazole rings is 1. The van der Waals surface area contributed by atoms with Crippen molar-refractivity contribution in [1.29, 1.82) is 0 Å². The monoisotopic (exact) mass is 259 g/mol. The standard InChI is InChI=1S/C14H17N3S/c15-14-16-13(10-18-14)11-6-8-17(9-7-11)12-4-2-1-3-5-12/h1-5,10-11H,6-9H2,(H2,15,16). The summed E-state index contributed by atoms with van der Waals surface area (Å²) in [5.41, 5.74) is 8.21. The second kappa shape index (κ2) is 4.98. The lowest BCUT2D eigenvalue weighted by Crippen LogP contribution is -2.32. The molecule has 0 radical (unpaired) electrons. The lowest BCUT2D eigenvalue weighted by Gasteiger charge is -2.33. The Hall–Kier alpha value is -1.55. The molecule has 1 aromatic carbocycles. The van der Waals surface area contributed by atoms with Crippen molar-refractivity contribution in [1.82, 2.24) is 4.98 Å². The lowest BCUT2D eigenvalue weighted by atomic mass is 9.94. The Morgan fingerprint density at radius 1 is 1.17 bits per heavy atom. The summed E-state index contributed by atoms with van der Waals surface area (Å²) in [6, 6.07) is 10.6. The van der Waals surface area contributed by atoms with Crippen LogP contribution in [0.25, 0.3) is 0 Å². The predicted molar refractivity (Wildman–Crippen MR) is 77.2 cm³/mol. The third-order valence-electron chi connectivity index (χ3n) is 3.57. The highest BCUT2D eigenvalue weighted by molar-refractivity contribution is 7.13. The lowest BCUT2D eigenvalue weighted by molar-refractivity contribution is 0.498. The number of anilines is 2. The smallest absolute Gasteiger partial charge is 0.180 e. The number of hydrogen-bond acceptors (Lipinski definition) is 4. The van der Waals surface area contributed by atoms with Gasteiger partial charge in [-0.1, -0.05) is 18.2 Å². The van der Waals surface area contributed by atoms with Gasteiger partial charge in [-0.15, -0.1) is 11.3 Å². The number of aromatic nitrogens is 1. The molecule has 94 valence electrons. The number of para-hydroxylation sites is 1. The van der Waals surface area contributed by atoms with Gasteiger partial charge in [-0.3, -0.25) is 0 Å². The number of piperidine rings is 1. The zero-order chi connectivity index (χ0) is 12.4. The maximum absolute atomic E-state index is 5.70. The van der Waals surface area contributed by atoms with E-state index in [1.165, 1.54) is 11.4 Å². The minimum atomic E-state index is 0.582. The molecule has 0 aliphatic carbocycles. The van der Waals surface area contributed by atoms with E-state index in [1.54, 1.807) is 11.3 Å². The van der Waals surface area contributed by atoms with Crippen molar-refractivity contribution < 1.29 is 0 Å². The minimum Gasteiger partial charge on any atom is -0.375 e. The van der Waals surface area contributed by atoms with E-state index in [-0.39, 0.29) is 0 Å². The number of benzene rings is 1. The molecule has 2 heterocycles. The van der Waals surface area contributed by atoms with Gasteiger partial charge >= 0.3 is 0 Å². The molecule has 0 unspecified atom stereocenters. The molecule has 1 aliphatic heterocycles. The van der Waals surface area contributed by atoms with E-state index in [9.17, 15) is 0 Å². The Morgan fingerprint density at radius 2 is 1.89 bits per heavy atom. The van der Waals surface area contributed by atoms with Crippen LogP contribution in [0.3, 0.4) is 0 Å². The molecule has 2 N–H and O–H groups in total. The van der Waals surface area contributed by atoms with Crippen LogP contribution in [-0.2, 0) is 0 Å². The van der Waals surface area contributed by atoms with E-state index in [0.29, 0.717) is 11.0 Å². The van der Waals surface area contributed by atoms with Gasteiger partial charge in [-0.25, -0.2) is 4.98 Å². The quantitative estimate of drug-likeness (QED) is 0.901. The van der Waals surface area contributed by atoms with Gasteiger partial charge in [-0.05, 0) is 25.0 Å². The van der Waals surface area contributed by atoms with Gasteiger partial charge in [-0.2, -0.15) is 0 Å². The molecular weight excluding hydrogens is 242 g/mol. The fourth-order valence-electron chi connectivity index (χ4n) is 2.56. The zero-order valence-corrected chi connectivity index (χ0v) is 11.1. The van der Waals surface area contributed by atoms with Crippen molar-refractivity contribution in [2.45, 2.75) is 18.8 Å². The van der Waals surface area contributed by atoms with Gasteiger partial charge in [0.05, 0.1) is 5.69 Å². The van der Waals surface area contributed by atoms with E-state index >= 15 is 0 Å². The normalized spacial score (nSPS) is 17.0. The Labute approximate surface area is 111 Å². The summed E-state index contributed by atoms with van der Waals surface area (Å²) in [5, 5.41) is 2.80. The summed E-state index contributed by atoms with van der Waals surface area (Å²) < 4.78 is 0. The van der Waals surface area contributed by atoms with E-state index < -0.39 is 0 Å². The Bertz CT molecular complexity index is 501. The molecule has 3 rings (SSSR count). The molecule has 1 saturated heterocycles. The van der Waals surface area contributed by atoms with Crippen LogP contribution >= 0.6 is 11.3 Å². The first kappa shape index (κ1) is 11.5. The first-order valence-electron chi connectivity index (χ1n) is 6.34. The van der Waals surface area contributed by atoms with Gasteiger partial charge in [0.1, 0.15) is 0 Å². The molecule has 0 atom stereocenters. The summed E-state index contributed by atoms with van der Waals surface area (Å²) in [6.45, 7) is 2.21. The predicted octanol–water partition coefficient (Wildman–Crippen LogP) is 3.11. The van der Waals surface area contributed by atoms with Crippen molar-refractivity contribution in [3.63, 3.8) is 0 Å². The van der Waals surface area contributed by atoms with Crippen LogP contribution in [0.15, 0.2) is 35.7 Å². The van der Waals surface area contributed by atoms with Crippen molar-refractivity contribution in [3.05, 3.63) is 41.4 Å². The van der Waals surface area contributed by atoms with Crippen molar-refractivity contribution in [2.24, 2.45) is 0 Å². The molecule has 1 aromatic heterocycles. The summed E-state index contributed by atoms with van der Waals surface area (Å²) in [5.74, 6) is 0.582. The zero-order valence-electron chi connectivity index (χ0n) is 10.2. The second-order valence-electron chi connectivity index (χ2n) is 4.71. The van der Waals surface area contributed by atoms with Crippen LogP contribution in [0.5, 0.6) is 0 Å². The molecule has 0 spiro atoms. The third kappa shape index (κ3) is 2.34. The van der Waals surface area contributed by atoms with Crippen molar-refractivity contribution >= 4 is 22.2 Å². The van der Waals surface area contributed by atoms with E-state index in [4.69, 9.17) is 5.73 Å². The molecule has 0 amide bonds. The summed E-state index contributed by atoms with van der Waals surface area (Å²) >= 11 is 1.55. The first-order valence-corrected chi connectivity index (χ1v) is 7.22. The largest absolute Gasteiger partial charge is 0.375 e. The Kier molecular flexibility index (Phi) is 3.19. The van der Waals surface area contributed by atoms with E-state index in [2.05, 4.69) is 45.6 Å². The molecule has 0 saturated carbocycles. The van der Waals surface area contributed by atoms with Crippen LogP contribution in [-0.4, -0.2) is 18.1 Å². The summed E-state index contributed by atoms with van der Waals surface area (Å²) in [4.78, 5) is 6.86. The van der Waals surface area contributed by atoms with Crippen molar-refractivity contribution in [2.75, 3.05) is 23.7 Å². The second-order valence-corrected chi connectivity index (χ2v) is 5.60. The maximum Gasteiger partial charge on any atom is 0.180 e. The van der Waals surface area contributed by atoms with Crippen LogP contribution in [0.4, 0.5) is 10.8 Å². The van der Waals surface area contributed by atoms with Gasteiger partial charge in [0.25, 0.3) is 0 Å². The SMILES string of the molecule is Nc1nc(C2CCN(c3ccccc3)CC2)cs1. The van der Waals surface area contributed by atoms with Crippen LogP contribution in [0, 0.1) is 0 Å². The molecule has 18 heavy (non-hydrogen) atoms. The average Bonchev–Trinajstić information content (AvgIpc) is 2.87. The first-order chi connectivity index (χ1) is 8.83. The third-order valence-corrected chi connectivity index (χ3v) is 4.27. The van der Waals surface area contributed by atoms with Gasteiger partial charge in [0, 0.05) is 30.1 Å². The van der Waals surface area contributed by atoms with Gasteiger partial charge in [0.2, 0.25) is 0 Å². The number of nitrogens with zero attached hydrogens (tertiary/aromatic N) is 2. The molecule has 1 aliphatic rings. The Morgan fingerprint density at radius 3 is 2.50 bits per heavy atom. The van der Waals surface area contributed by atoms with Gasteiger partial charge in [0.15, 0.2) is 5.13 Å². The highest BCUT2D eigenvalue weighted by atomic mass is 32.1. The van der Waals surface area contributed by atoms with Crippen LogP contribution in [0.2, 0.25) is 0 Å². The van der Waals surface area contributed by atoms with Crippen LogP contribution < -0.4 is 10.6 Å². The average molecular weight is 259 g/mol. The topological polar surface area (TPSA) is 42.1 Å². The number of rotatable bonds is 2. The number of hydrogen-bond donors (Lipinski definition) is 1. The van der Waals surface area contributed by atoms with Crippen LogP contribution in [0.1, 0.15) is 24.5 Å². The molecule has 1 fully saturated rings. The molecule has 4 heteroatoms. The Balaban J connectivity index is 1.65. The summed E-state index contributed by atoms with van der Waals surface area (Å²) in [6.07, 6.45) is 2.33. The molecule has 3 nitrogen and oxygen atoms in total. The summed E-state index contributed by atoms with van der Waals surface area (Å²) in [7, 11) is 0. The molecule has 0 bridgehead atoms. The van der Waals surface area contributed by atoms with E-state index in [0.717, 1.165) is 25.9 Å². The molecule has 2 aromatic rings. The minimum absolute atomic E-state index is 0.582. The fourth-order valence-corrected chi connectivity index (χ4v) is 3.21. The highest BCUT2D eigenvalue weighted by Gasteiger charge is 2.22. The fraction of sp³-hybridized carbons (Fsp3) is 0.357. The number of nitrogens with two attached hydrogens (primary N) is 1. The van der Waals surface area contributed by atoms with Crippen molar-refractivity contribution in [3.8, 4) is 0 Å².